The van der Waals surface area contributed by atoms with Crippen LogP contribution >= 0.6 is 38.9 Å². The second kappa shape index (κ2) is 3.83. The SMILES string of the molecule is OB(O)c1cc(Cl)c2sc(Br)cc2c1. The van der Waals surface area contributed by atoms with Crippen LogP contribution in [0.15, 0.2) is 22.0 Å². The summed E-state index contributed by atoms with van der Waals surface area (Å²) in [6, 6.07) is 5.18. The zero-order valence-corrected chi connectivity index (χ0v) is 10.0. The molecule has 0 spiro atoms. The van der Waals surface area contributed by atoms with Crippen molar-refractivity contribution in [2.24, 2.45) is 0 Å². The molecule has 0 aliphatic carbocycles. The zero-order valence-electron chi connectivity index (χ0n) is 6.87. The average Bonchev–Trinajstić information content (AvgIpc) is 2.45. The van der Waals surface area contributed by atoms with Crippen molar-refractivity contribution in [1.82, 2.24) is 0 Å². The van der Waals surface area contributed by atoms with Crippen LogP contribution in [0.4, 0.5) is 0 Å². The summed E-state index contributed by atoms with van der Waals surface area (Å²) >= 11 is 10.9. The van der Waals surface area contributed by atoms with Gasteiger partial charge in [-0.05, 0) is 38.9 Å². The summed E-state index contributed by atoms with van der Waals surface area (Å²) in [5.74, 6) is 0. The minimum Gasteiger partial charge on any atom is -0.423 e. The first-order valence-electron chi connectivity index (χ1n) is 3.82. The van der Waals surface area contributed by atoms with E-state index in [1.54, 1.807) is 12.1 Å². The number of hydrogen-bond acceptors (Lipinski definition) is 3. The summed E-state index contributed by atoms with van der Waals surface area (Å²) in [6.45, 7) is 0. The van der Waals surface area contributed by atoms with E-state index in [4.69, 9.17) is 21.6 Å². The molecule has 1 aromatic carbocycles. The van der Waals surface area contributed by atoms with Crippen LogP contribution in [0.3, 0.4) is 0 Å². The second-order valence-corrected chi connectivity index (χ2v) is 5.68. The van der Waals surface area contributed by atoms with Crippen LogP contribution in [0.1, 0.15) is 0 Å². The summed E-state index contributed by atoms with van der Waals surface area (Å²) in [7, 11) is -1.48. The van der Waals surface area contributed by atoms with Gasteiger partial charge in [0, 0.05) is 0 Å². The predicted molar refractivity (Wildman–Crippen MR) is 64.4 cm³/mol. The number of rotatable bonds is 1. The van der Waals surface area contributed by atoms with Crippen molar-refractivity contribution in [3.05, 3.63) is 27.0 Å². The lowest BCUT2D eigenvalue weighted by Crippen LogP contribution is -2.29. The van der Waals surface area contributed by atoms with E-state index in [0.29, 0.717) is 10.5 Å². The number of benzene rings is 1. The van der Waals surface area contributed by atoms with Gasteiger partial charge in [0.15, 0.2) is 0 Å². The fourth-order valence-corrected chi connectivity index (χ4v) is 3.11. The fourth-order valence-electron chi connectivity index (χ4n) is 1.25. The molecule has 2 nitrogen and oxygen atoms in total. The third kappa shape index (κ3) is 1.83. The van der Waals surface area contributed by atoms with Gasteiger partial charge in [0.2, 0.25) is 0 Å². The minimum atomic E-state index is -1.48. The van der Waals surface area contributed by atoms with Crippen molar-refractivity contribution < 1.29 is 10.0 Å². The number of halogens is 2. The number of hydrogen-bond donors (Lipinski definition) is 2. The molecule has 0 aliphatic heterocycles. The van der Waals surface area contributed by atoms with E-state index < -0.39 is 7.12 Å². The molecule has 6 heteroatoms. The Bertz CT molecular complexity index is 485. The molecule has 0 atom stereocenters. The highest BCUT2D eigenvalue weighted by atomic mass is 79.9. The molecule has 1 heterocycles. The van der Waals surface area contributed by atoms with Gasteiger partial charge in [0.1, 0.15) is 0 Å². The Morgan fingerprint density at radius 3 is 2.64 bits per heavy atom. The van der Waals surface area contributed by atoms with Crippen molar-refractivity contribution >= 4 is 61.5 Å². The first-order valence-corrected chi connectivity index (χ1v) is 5.81. The van der Waals surface area contributed by atoms with Crippen LogP contribution < -0.4 is 5.46 Å². The van der Waals surface area contributed by atoms with E-state index in [2.05, 4.69) is 15.9 Å². The van der Waals surface area contributed by atoms with E-state index in [0.717, 1.165) is 13.9 Å². The molecule has 2 aromatic rings. The summed E-state index contributed by atoms with van der Waals surface area (Å²) in [5.41, 5.74) is 0.410. The van der Waals surface area contributed by atoms with E-state index in [-0.39, 0.29) is 0 Å². The fraction of sp³-hybridized carbons (Fsp3) is 0. The van der Waals surface area contributed by atoms with Crippen LogP contribution in [0, 0.1) is 0 Å². The first-order chi connectivity index (χ1) is 6.58. The molecule has 0 fully saturated rings. The van der Waals surface area contributed by atoms with Crippen LogP contribution in [0.25, 0.3) is 10.1 Å². The quantitative estimate of drug-likeness (QED) is 0.789. The van der Waals surface area contributed by atoms with Crippen molar-refractivity contribution in [1.29, 1.82) is 0 Å². The van der Waals surface area contributed by atoms with Crippen LogP contribution in [-0.2, 0) is 0 Å². The van der Waals surface area contributed by atoms with Crippen molar-refractivity contribution in [2.75, 3.05) is 0 Å². The molecule has 0 bridgehead atoms. The smallest absolute Gasteiger partial charge is 0.423 e. The first kappa shape index (κ1) is 10.5. The topological polar surface area (TPSA) is 40.5 Å². The van der Waals surface area contributed by atoms with Crippen molar-refractivity contribution in [3.63, 3.8) is 0 Å². The van der Waals surface area contributed by atoms with E-state index in [9.17, 15) is 0 Å². The predicted octanol–water partition coefficient (Wildman–Crippen LogP) is 2.00. The normalized spacial score (nSPS) is 10.9. The van der Waals surface area contributed by atoms with Crippen molar-refractivity contribution in [3.8, 4) is 0 Å². The number of fused-ring (bicyclic) bond motifs is 1. The van der Waals surface area contributed by atoms with Crippen LogP contribution in [0.5, 0.6) is 0 Å². The van der Waals surface area contributed by atoms with Gasteiger partial charge in [-0.25, -0.2) is 0 Å². The van der Waals surface area contributed by atoms with Gasteiger partial charge in [0.25, 0.3) is 0 Å². The van der Waals surface area contributed by atoms with Crippen LogP contribution in [0.2, 0.25) is 5.02 Å². The molecular formula is C8H5BBrClO2S. The standard InChI is InChI=1S/C8H5BBrClO2S/c10-7-2-4-1-5(9(12)13)3-6(11)8(4)14-7/h1-3,12-13H. The molecule has 0 radical (unpaired) electrons. The average molecular weight is 291 g/mol. The Kier molecular flexibility index (Phi) is 2.86. The van der Waals surface area contributed by atoms with E-state index in [1.807, 2.05) is 6.07 Å². The highest BCUT2D eigenvalue weighted by Gasteiger charge is 2.14. The largest absolute Gasteiger partial charge is 0.488 e. The maximum Gasteiger partial charge on any atom is 0.488 e. The van der Waals surface area contributed by atoms with E-state index in [1.165, 1.54) is 11.3 Å². The van der Waals surface area contributed by atoms with Gasteiger partial charge >= 0.3 is 7.12 Å². The Morgan fingerprint density at radius 2 is 2.00 bits per heavy atom. The molecule has 0 unspecified atom stereocenters. The summed E-state index contributed by atoms with van der Waals surface area (Å²) in [6.07, 6.45) is 0. The van der Waals surface area contributed by atoms with Gasteiger partial charge in [-0.15, -0.1) is 11.3 Å². The molecule has 0 saturated carbocycles. The maximum absolute atomic E-state index is 9.00. The maximum atomic E-state index is 9.00. The lowest BCUT2D eigenvalue weighted by atomic mass is 9.80. The highest BCUT2D eigenvalue weighted by Crippen LogP contribution is 2.33. The lowest BCUT2D eigenvalue weighted by Gasteiger charge is -2.00. The third-order valence-corrected chi connectivity index (χ3v) is 3.96. The summed E-state index contributed by atoms with van der Waals surface area (Å²) in [4.78, 5) is 0. The molecule has 0 amide bonds. The molecule has 14 heavy (non-hydrogen) atoms. The highest BCUT2D eigenvalue weighted by molar-refractivity contribution is 9.11. The monoisotopic (exact) mass is 290 g/mol. The van der Waals surface area contributed by atoms with Gasteiger partial charge in [-0.1, -0.05) is 17.7 Å². The van der Waals surface area contributed by atoms with Crippen LogP contribution in [-0.4, -0.2) is 17.2 Å². The molecule has 2 rings (SSSR count). The number of thiophene rings is 1. The zero-order chi connectivity index (χ0) is 10.3. The lowest BCUT2D eigenvalue weighted by molar-refractivity contribution is 0.426. The summed E-state index contributed by atoms with van der Waals surface area (Å²) in [5, 5.41) is 19.5. The Hall–Kier alpha value is -0.0651. The Labute approximate surface area is 98.4 Å². The summed E-state index contributed by atoms with van der Waals surface area (Å²) < 4.78 is 1.92. The van der Waals surface area contributed by atoms with Gasteiger partial charge in [-0.2, -0.15) is 0 Å². The second-order valence-electron chi connectivity index (χ2n) is 2.85. The molecule has 0 aliphatic rings. The van der Waals surface area contributed by atoms with Gasteiger partial charge in [0.05, 0.1) is 13.5 Å². The Morgan fingerprint density at radius 1 is 1.29 bits per heavy atom. The molecule has 0 saturated heterocycles. The Balaban J connectivity index is 2.71. The molecule has 2 N–H and O–H groups in total. The third-order valence-electron chi connectivity index (χ3n) is 1.86. The minimum absolute atomic E-state index is 0.410. The van der Waals surface area contributed by atoms with Gasteiger partial charge in [-0.3, -0.25) is 0 Å². The molecule has 72 valence electrons. The molecular weight excluding hydrogens is 286 g/mol. The van der Waals surface area contributed by atoms with Crippen molar-refractivity contribution in [2.45, 2.75) is 0 Å². The van der Waals surface area contributed by atoms with Gasteiger partial charge < -0.3 is 10.0 Å². The van der Waals surface area contributed by atoms with E-state index >= 15 is 0 Å². The molecule has 1 aromatic heterocycles.